The maximum Gasteiger partial charge on any atom is 0.0703 e. The number of nitrogens with one attached hydrogen (secondary N) is 1. The molecule has 0 aromatic rings. The van der Waals surface area contributed by atoms with E-state index in [0.29, 0.717) is 12.1 Å². The highest BCUT2D eigenvalue weighted by atomic mass is 16.5. The quantitative estimate of drug-likeness (QED) is 0.758. The molecule has 17 heavy (non-hydrogen) atoms. The van der Waals surface area contributed by atoms with E-state index in [4.69, 9.17) is 9.84 Å². The van der Waals surface area contributed by atoms with Crippen LogP contribution in [0.4, 0.5) is 0 Å². The molecule has 0 aliphatic carbocycles. The minimum Gasteiger partial charge on any atom is -0.396 e. The largest absolute Gasteiger partial charge is 0.396 e. The van der Waals surface area contributed by atoms with E-state index in [-0.39, 0.29) is 12.1 Å². The predicted octanol–water partition coefficient (Wildman–Crippen LogP) is 0.600. The van der Waals surface area contributed by atoms with Crippen LogP contribution in [0.25, 0.3) is 0 Å². The number of ether oxygens (including phenoxy) is 1. The number of hydrogen-bond acceptors (Lipinski definition) is 4. The number of piperazine rings is 1. The standard InChI is InChI=1S/C13H26N2O2/c1-13(2)10-14-11(5-6-16)8-15(13)9-12-4-3-7-17-12/h11-12,14,16H,3-10H2,1-2H3. The Morgan fingerprint density at radius 1 is 1.47 bits per heavy atom. The van der Waals surface area contributed by atoms with Crippen molar-refractivity contribution in [1.29, 1.82) is 0 Å². The number of nitrogens with zero attached hydrogens (tertiary/aromatic N) is 1. The topological polar surface area (TPSA) is 44.7 Å². The monoisotopic (exact) mass is 242 g/mol. The van der Waals surface area contributed by atoms with Gasteiger partial charge in [-0.3, -0.25) is 4.90 Å². The van der Waals surface area contributed by atoms with Crippen molar-refractivity contribution >= 4 is 0 Å². The van der Waals surface area contributed by atoms with Gasteiger partial charge in [0, 0.05) is 44.4 Å². The molecule has 0 radical (unpaired) electrons. The first kappa shape index (κ1) is 13.3. The summed E-state index contributed by atoms with van der Waals surface area (Å²) in [6.45, 7) is 8.81. The average molecular weight is 242 g/mol. The van der Waals surface area contributed by atoms with Gasteiger partial charge in [-0.15, -0.1) is 0 Å². The van der Waals surface area contributed by atoms with Gasteiger partial charge in [-0.2, -0.15) is 0 Å². The van der Waals surface area contributed by atoms with Crippen LogP contribution in [0.1, 0.15) is 33.1 Å². The lowest BCUT2D eigenvalue weighted by Crippen LogP contribution is -2.63. The molecule has 2 saturated heterocycles. The summed E-state index contributed by atoms with van der Waals surface area (Å²) in [6.07, 6.45) is 3.67. The lowest BCUT2D eigenvalue weighted by atomic mass is 9.95. The minimum atomic E-state index is 0.192. The summed E-state index contributed by atoms with van der Waals surface area (Å²) in [5, 5.41) is 12.6. The molecule has 0 bridgehead atoms. The van der Waals surface area contributed by atoms with Crippen molar-refractivity contribution in [3.8, 4) is 0 Å². The highest BCUT2D eigenvalue weighted by Crippen LogP contribution is 2.23. The Labute approximate surface area is 104 Å². The predicted molar refractivity (Wildman–Crippen MR) is 68.1 cm³/mol. The molecule has 0 aromatic heterocycles. The number of hydrogen-bond donors (Lipinski definition) is 2. The van der Waals surface area contributed by atoms with Crippen molar-refractivity contribution in [2.75, 3.05) is 32.8 Å². The Bertz CT molecular complexity index is 240. The van der Waals surface area contributed by atoms with E-state index in [9.17, 15) is 0 Å². The van der Waals surface area contributed by atoms with E-state index in [1.54, 1.807) is 0 Å². The van der Waals surface area contributed by atoms with Crippen molar-refractivity contribution in [1.82, 2.24) is 10.2 Å². The highest BCUT2D eigenvalue weighted by Gasteiger charge is 2.35. The minimum absolute atomic E-state index is 0.192. The smallest absolute Gasteiger partial charge is 0.0703 e. The summed E-state index contributed by atoms with van der Waals surface area (Å²) in [6, 6.07) is 0.425. The third kappa shape index (κ3) is 3.41. The second kappa shape index (κ2) is 5.65. The molecule has 0 amide bonds. The Morgan fingerprint density at radius 3 is 2.94 bits per heavy atom. The highest BCUT2D eigenvalue weighted by molar-refractivity contribution is 4.94. The molecule has 0 saturated carbocycles. The molecule has 4 nitrogen and oxygen atoms in total. The van der Waals surface area contributed by atoms with Crippen LogP contribution in [0.2, 0.25) is 0 Å². The fourth-order valence-corrected chi connectivity index (χ4v) is 2.79. The van der Waals surface area contributed by atoms with Crippen LogP contribution in [0.5, 0.6) is 0 Å². The molecular formula is C13H26N2O2. The summed E-state index contributed by atoms with van der Waals surface area (Å²) in [5.41, 5.74) is 0.192. The number of aliphatic hydroxyl groups excluding tert-OH is 1. The van der Waals surface area contributed by atoms with Crippen LogP contribution < -0.4 is 5.32 Å². The molecule has 2 aliphatic heterocycles. The summed E-state index contributed by atoms with van der Waals surface area (Å²) in [5.74, 6) is 0. The molecule has 2 aliphatic rings. The van der Waals surface area contributed by atoms with E-state index < -0.39 is 0 Å². The normalized spacial score (nSPS) is 34.1. The van der Waals surface area contributed by atoms with Gasteiger partial charge >= 0.3 is 0 Å². The van der Waals surface area contributed by atoms with Crippen molar-refractivity contribution in [2.24, 2.45) is 0 Å². The fraction of sp³-hybridized carbons (Fsp3) is 1.00. The zero-order valence-corrected chi connectivity index (χ0v) is 11.1. The van der Waals surface area contributed by atoms with Crippen LogP contribution in [-0.2, 0) is 4.74 Å². The van der Waals surface area contributed by atoms with Gasteiger partial charge in [-0.1, -0.05) is 0 Å². The maximum atomic E-state index is 9.04. The maximum absolute atomic E-state index is 9.04. The first-order chi connectivity index (χ1) is 8.12. The fourth-order valence-electron chi connectivity index (χ4n) is 2.79. The molecule has 0 aromatic carbocycles. The van der Waals surface area contributed by atoms with Crippen LogP contribution in [0, 0.1) is 0 Å². The van der Waals surface area contributed by atoms with Gasteiger partial charge in [0.25, 0.3) is 0 Å². The first-order valence-corrected chi connectivity index (χ1v) is 6.83. The molecule has 2 heterocycles. The SMILES string of the molecule is CC1(C)CNC(CCO)CN1CC1CCCO1. The summed E-state index contributed by atoms with van der Waals surface area (Å²) >= 11 is 0. The van der Waals surface area contributed by atoms with E-state index >= 15 is 0 Å². The molecule has 2 fully saturated rings. The van der Waals surface area contributed by atoms with Crippen LogP contribution >= 0.6 is 0 Å². The third-order valence-electron chi connectivity index (χ3n) is 4.05. The van der Waals surface area contributed by atoms with E-state index in [2.05, 4.69) is 24.1 Å². The van der Waals surface area contributed by atoms with E-state index in [1.807, 2.05) is 0 Å². The zero-order valence-electron chi connectivity index (χ0n) is 11.1. The molecule has 2 atom stereocenters. The van der Waals surface area contributed by atoms with Gasteiger partial charge in [0.1, 0.15) is 0 Å². The Balaban J connectivity index is 1.90. The second-order valence-corrected chi connectivity index (χ2v) is 5.94. The molecule has 4 heteroatoms. The van der Waals surface area contributed by atoms with Gasteiger partial charge in [0.05, 0.1) is 6.10 Å². The summed E-state index contributed by atoms with van der Waals surface area (Å²) in [4.78, 5) is 2.53. The molecular weight excluding hydrogens is 216 g/mol. The van der Waals surface area contributed by atoms with Crippen molar-refractivity contribution in [3.63, 3.8) is 0 Å². The zero-order chi connectivity index (χ0) is 12.3. The Hall–Kier alpha value is -0.160. The Morgan fingerprint density at radius 2 is 2.29 bits per heavy atom. The summed E-state index contributed by atoms with van der Waals surface area (Å²) in [7, 11) is 0. The van der Waals surface area contributed by atoms with Gasteiger partial charge in [-0.25, -0.2) is 0 Å². The molecule has 0 spiro atoms. The van der Waals surface area contributed by atoms with Crippen LogP contribution in [0.3, 0.4) is 0 Å². The van der Waals surface area contributed by atoms with Crippen molar-refractivity contribution < 1.29 is 9.84 Å². The van der Waals surface area contributed by atoms with Crippen molar-refractivity contribution in [2.45, 2.75) is 50.8 Å². The lowest BCUT2D eigenvalue weighted by Gasteiger charge is -2.47. The third-order valence-corrected chi connectivity index (χ3v) is 4.05. The van der Waals surface area contributed by atoms with Gasteiger partial charge in [0.2, 0.25) is 0 Å². The number of aliphatic hydroxyl groups is 1. The summed E-state index contributed by atoms with van der Waals surface area (Å²) < 4.78 is 5.73. The molecule has 2 N–H and O–H groups in total. The Kier molecular flexibility index (Phi) is 4.42. The molecule has 2 rings (SSSR count). The van der Waals surface area contributed by atoms with E-state index in [0.717, 1.165) is 32.7 Å². The van der Waals surface area contributed by atoms with Gasteiger partial charge in [-0.05, 0) is 33.1 Å². The van der Waals surface area contributed by atoms with Crippen LogP contribution in [-0.4, -0.2) is 60.5 Å². The second-order valence-electron chi connectivity index (χ2n) is 5.94. The first-order valence-electron chi connectivity index (χ1n) is 6.83. The van der Waals surface area contributed by atoms with Crippen molar-refractivity contribution in [3.05, 3.63) is 0 Å². The average Bonchev–Trinajstić information content (AvgIpc) is 2.76. The van der Waals surface area contributed by atoms with Gasteiger partial charge < -0.3 is 15.2 Å². The van der Waals surface area contributed by atoms with E-state index in [1.165, 1.54) is 12.8 Å². The molecule has 2 unspecified atom stereocenters. The van der Waals surface area contributed by atoms with Gasteiger partial charge in [0.15, 0.2) is 0 Å². The molecule has 100 valence electrons. The van der Waals surface area contributed by atoms with Crippen LogP contribution in [0.15, 0.2) is 0 Å². The lowest BCUT2D eigenvalue weighted by molar-refractivity contribution is 0.00508. The number of rotatable bonds is 4.